The highest BCUT2D eigenvalue weighted by Crippen LogP contribution is 2.32. The molecule has 4 heteroatoms. The van der Waals surface area contributed by atoms with E-state index in [1.54, 1.807) is 6.07 Å². The van der Waals surface area contributed by atoms with E-state index >= 15 is 0 Å². The summed E-state index contributed by atoms with van der Waals surface area (Å²) in [4.78, 5) is 0. The molecule has 0 aliphatic carbocycles. The number of phenolic OH excluding ortho intramolecular Hbond substituents is 2. The Labute approximate surface area is 71.6 Å². The minimum atomic E-state index is -0.142. The van der Waals surface area contributed by atoms with Crippen LogP contribution >= 0.6 is 15.9 Å². The van der Waals surface area contributed by atoms with Gasteiger partial charge in [0.15, 0.2) is 0 Å². The van der Waals surface area contributed by atoms with Gasteiger partial charge < -0.3 is 10.2 Å². The lowest BCUT2D eigenvalue weighted by molar-refractivity contribution is 0.456. The molecular weight excluding hydrogens is 210 g/mol. The van der Waals surface area contributed by atoms with Crippen molar-refractivity contribution in [1.82, 2.24) is 0 Å². The fourth-order valence-corrected chi connectivity index (χ4v) is 1.09. The highest BCUT2D eigenvalue weighted by atomic mass is 79.9. The lowest BCUT2D eigenvalue weighted by Crippen LogP contribution is -1.79. The van der Waals surface area contributed by atoms with E-state index in [1.807, 2.05) is 0 Å². The number of phenols is 2. The summed E-state index contributed by atoms with van der Waals surface area (Å²) in [6.45, 7) is 0. The SMILES string of the molecule is N#Cc1c(O)ccc(O)c1Br. The Morgan fingerprint density at radius 3 is 2.27 bits per heavy atom. The van der Waals surface area contributed by atoms with Crippen molar-refractivity contribution in [3.8, 4) is 17.6 Å². The van der Waals surface area contributed by atoms with Gasteiger partial charge in [0, 0.05) is 0 Å². The molecule has 0 atom stereocenters. The van der Waals surface area contributed by atoms with Crippen LogP contribution in [-0.4, -0.2) is 10.2 Å². The van der Waals surface area contributed by atoms with Crippen LogP contribution in [0.15, 0.2) is 16.6 Å². The maximum Gasteiger partial charge on any atom is 0.134 e. The molecule has 11 heavy (non-hydrogen) atoms. The molecule has 0 bridgehead atoms. The number of nitrogens with zero attached hydrogens (tertiary/aromatic N) is 1. The second kappa shape index (κ2) is 2.81. The Bertz CT molecular complexity index is 330. The van der Waals surface area contributed by atoms with Crippen molar-refractivity contribution in [2.24, 2.45) is 0 Å². The van der Waals surface area contributed by atoms with E-state index in [-0.39, 0.29) is 21.5 Å². The molecule has 1 rings (SSSR count). The fourth-order valence-electron chi connectivity index (χ4n) is 0.661. The Morgan fingerprint density at radius 2 is 1.82 bits per heavy atom. The first-order chi connectivity index (χ1) is 5.16. The molecule has 2 N–H and O–H groups in total. The molecule has 0 aliphatic rings. The lowest BCUT2D eigenvalue weighted by Gasteiger charge is -1.99. The van der Waals surface area contributed by atoms with Crippen LogP contribution < -0.4 is 0 Å². The average molecular weight is 214 g/mol. The van der Waals surface area contributed by atoms with E-state index in [2.05, 4.69) is 15.9 Å². The van der Waals surface area contributed by atoms with Gasteiger partial charge in [-0.15, -0.1) is 0 Å². The second-order valence-corrected chi connectivity index (χ2v) is 2.70. The first-order valence-corrected chi connectivity index (χ1v) is 3.56. The maximum absolute atomic E-state index is 9.05. The van der Waals surface area contributed by atoms with Gasteiger partial charge in [0.2, 0.25) is 0 Å². The molecule has 1 aromatic rings. The molecule has 0 saturated heterocycles. The average Bonchev–Trinajstić information content (AvgIpc) is 1.99. The monoisotopic (exact) mass is 213 g/mol. The molecule has 3 nitrogen and oxygen atoms in total. The number of benzene rings is 1. The number of nitriles is 1. The zero-order chi connectivity index (χ0) is 8.43. The third-order valence-electron chi connectivity index (χ3n) is 1.21. The number of hydrogen-bond donors (Lipinski definition) is 2. The third kappa shape index (κ3) is 1.28. The van der Waals surface area contributed by atoms with Crippen molar-refractivity contribution in [1.29, 1.82) is 5.26 Å². The van der Waals surface area contributed by atoms with Crippen molar-refractivity contribution >= 4 is 15.9 Å². The minimum Gasteiger partial charge on any atom is -0.507 e. The highest BCUT2D eigenvalue weighted by molar-refractivity contribution is 9.10. The summed E-state index contributed by atoms with van der Waals surface area (Å²) in [6, 6.07) is 4.32. The standard InChI is InChI=1S/C7H4BrNO2/c8-7-4(3-9)5(10)1-2-6(7)11/h1-2,10-11H. The van der Waals surface area contributed by atoms with Gasteiger partial charge in [-0.1, -0.05) is 0 Å². The smallest absolute Gasteiger partial charge is 0.134 e. The number of rotatable bonds is 0. The molecule has 0 aromatic heterocycles. The van der Waals surface area contributed by atoms with Crippen LogP contribution in [0, 0.1) is 11.3 Å². The van der Waals surface area contributed by atoms with Gasteiger partial charge in [-0.2, -0.15) is 5.26 Å². The summed E-state index contributed by atoms with van der Waals surface area (Å²) >= 11 is 2.96. The van der Waals surface area contributed by atoms with Gasteiger partial charge in [-0.05, 0) is 28.1 Å². The quantitative estimate of drug-likeness (QED) is 0.646. The zero-order valence-electron chi connectivity index (χ0n) is 5.37. The summed E-state index contributed by atoms with van der Waals surface area (Å²) in [5.74, 6) is -0.198. The molecule has 0 amide bonds. The molecule has 1 aromatic carbocycles. The largest absolute Gasteiger partial charge is 0.507 e. The van der Waals surface area contributed by atoms with Gasteiger partial charge in [-0.3, -0.25) is 0 Å². The molecule has 0 radical (unpaired) electrons. The van der Waals surface area contributed by atoms with Gasteiger partial charge in [0.25, 0.3) is 0 Å². The van der Waals surface area contributed by atoms with E-state index in [1.165, 1.54) is 12.1 Å². The van der Waals surface area contributed by atoms with Crippen molar-refractivity contribution in [3.63, 3.8) is 0 Å². The van der Waals surface area contributed by atoms with Crippen molar-refractivity contribution in [2.45, 2.75) is 0 Å². The van der Waals surface area contributed by atoms with E-state index in [9.17, 15) is 0 Å². The van der Waals surface area contributed by atoms with Gasteiger partial charge in [0.1, 0.15) is 23.1 Å². The first-order valence-electron chi connectivity index (χ1n) is 2.77. The van der Waals surface area contributed by atoms with E-state index in [4.69, 9.17) is 15.5 Å². The summed E-state index contributed by atoms with van der Waals surface area (Å²) < 4.78 is 0.222. The summed E-state index contributed by atoms with van der Waals surface area (Å²) in [6.07, 6.45) is 0. The van der Waals surface area contributed by atoms with Crippen LogP contribution in [0.3, 0.4) is 0 Å². The minimum absolute atomic E-state index is 0.0463. The van der Waals surface area contributed by atoms with Crippen LogP contribution in [0.1, 0.15) is 5.56 Å². The van der Waals surface area contributed by atoms with Crippen molar-refractivity contribution in [2.75, 3.05) is 0 Å². The van der Waals surface area contributed by atoms with Crippen molar-refractivity contribution < 1.29 is 10.2 Å². The van der Waals surface area contributed by atoms with Gasteiger partial charge in [-0.25, -0.2) is 0 Å². The van der Waals surface area contributed by atoms with E-state index in [0.717, 1.165) is 0 Å². The van der Waals surface area contributed by atoms with Crippen LogP contribution in [0.4, 0.5) is 0 Å². The maximum atomic E-state index is 9.05. The summed E-state index contributed by atoms with van der Waals surface area (Å²) in [5, 5.41) is 26.6. The highest BCUT2D eigenvalue weighted by Gasteiger charge is 2.08. The van der Waals surface area contributed by atoms with E-state index < -0.39 is 0 Å². The Kier molecular flexibility index (Phi) is 2.01. The van der Waals surface area contributed by atoms with Crippen LogP contribution in [0.25, 0.3) is 0 Å². The predicted molar refractivity (Wildman–Crippen MR) is 42.2 cm³/mol. The van der Waals surface area contributed by atoms with Crippen molar-refractivity contribution in [3.05, 3.63) is 22.2 Å². The molecule has 0 saturated carbocycles. The van der Waals surface area contributed by atoms with Gasteiger partial charge >= 0.3 is 0 Å². The predicted octanol–water partition coefficient (Wildman–Crippen LogP) is 1.73. The molecule has 0 heterocycles. The molecule has 0 unspecified atom stereocenters. The molecule has 0 aliphatic heterocycles. The first kappa shape index (κ1) is 7.89. The van der Waals surface area contributed by atoms with Gasteiger partial charge in [0.05, 0.1) is 4.47 Å². The van der Waals surface area contributed by atoms with Crippen LogP contribution in [-0.2, 0) is 0 Å². The number of halogens is 1. The summed E-state index contributed by atoms with van der Waals surface area (Å²) in [5.41, 5.74) is 0.0463. The normalized spacial score (nSPS) is 9.09. The van der Waals surface area contributed by atoms with Crippen LogP contribution in [0.5, 0.6) is 11.5 Å². The lowest BCUT2D eigenvalue weighted by atomic mass is 10.2. The molecule has 0 spiro atoms. The zero-order valence-corrected chi connectivity index (χ0v) is 6.96. The topological polar surface area (TPSA) is 64.2 Å². The third-order valence-corrected chi connectivity index (χ3v) is 2.01. The Hall–Kier alpha value is -1.21. The number of hydrogen-bond acceptors (Lipinski definition) is 3. The Morgan fingerprint density at radius 1 is 1.27 bits per heavy atom. The fraction of sp³-hybridized carbons (Fsp3) is 0. The van der Waals surface area contributed by atoms with Crippen LogP contribution in [0.2, 0.25) is 0 Å². The molecule has 0 fully saturated rings. The second-order valence-electron chi connectivity index (χ2n) is 1.90. The molecule has 56 valence electrons. The number of aromatic hydroxyl groups is 2. The summed E-state index contributed by atoms with van der Waals surface area (Å²) in [7, 11) is 0. The molecular formula is C7H4BrNO2. The Balaban J connectivity index is 3.44. The van der Waals surface area contributed by atoms with E-state index in [0.29, 0.717) is 0 Å².